The van der Waals surface area contributed by atoms with Gasteiger partial charge < -0.3 is 4.90 Å². The molecule has 0 aliphatic carbocycles. The van der Waals surface area contributed by atoms with E-state index in [1.54, 1.807) is 24.3 Å². The molecule has 5 nitrogen and oxygen atoms in total. The third kappa shape index (κ3) is 4.28. The molecule has 6 heteroatoms. The lowest BCUT2D eigenvalue weighted by molar-refractivity contribution is 0.222. The summed E-state index contributed by atoms with van der Waals surface area (Å²) in [5, 5.41) is 4.10. The monoisotopic (exact) mass is 309 g/mol. The molecule has 2 rings (SSSR count). The average molecular weight is 309 g/mol. The number of rotatable bonds is 4. The van der Waals surface area contributed by atoms with Crippen molar-refractivity contribution >= 4 is 15.7 Å². The number of nitrogens with one attached hydrogen (secondary N) is 1. The molecule has 0 spiro atoms. The van der Waals surface area contributed by atoms with Gasteiger partial charge in [0.1, 0.15) is 0 Å². The molecule has 1 N–H and O–H groups in total. The number of nitrogens with zero attached hydrogens (tertiary/aromatic N) is 2. The minimum absolute atomic E-state index is 0.247. The molecular formula is C15H23N3O2S. The Kier molecular flexibility index (Phi) is 5.00. The van der Waals surface area contributed by atoms with Crippen LogP contribution in [0.4, 0.5) is 0 Å². The van der Waals surface area contributed by atoms with Crippen molar-refractivity contribution < 1.29 is 8.42 Å². The van der Waals surface area contributed by atoms with E-state index < -0.39 is 10.0 Å². The highest BCUT2D eigenvalue weighted by Gasteiger charge is 2.18. The topological polar surface area (TPSA) is 61.8 Å². The van der Waals surface area contributed by atoms with E-state index in [4.69, 9.17) is 0 Å². The summed E-state index contributed by atoms with van der Waals surface area (Å²) in [6.45, 7) is 8.13. The standard InChI is InChI=1S/C15H23N3O2S/c1-12(2)18-10-8-14(9-11-18)16-17-21(19,20)15-6-4-13(3)5-7-15/h4-7,12,17H,8-11H2,1-3H3. The predicted octanol–water partition coefficient (Wildman–Crippen LogP) is 2.13. The molecule has 0 radical (unpaired) electrons. The summed E-state index contributed by atoms with van der Waals surface area (Å²) in [5.41, 5.74) is 1.95. The summed E-state index contributed by atoms with van der Waals surface area (Å²) in [6.07, 6.45) is 1.63. The van der Waals surface area contributed by atoms with Crippen molar-refractivity contribution in [2.24, 2.45) is 5.10 Å². The molecule has 1 heterocycles. The highest BCUT2D eigenvalue weighted by atomic mass is 32.2. The van der Waals surface area contributed by atoms with Crippen molar-refractivity contribution in [1.29, 1.82) is 0 Å². The third-order valence-corrected chi connectivity index (χ3v) is 4.99. The predicted molar refractivity (Wildman–Crippen MR) is 84.9 cm³/mol. The first-order chi connectivity index (χ1) is 9.88. The van der Waals surface area contributed by atoms with Crippen LogP contribution in [-0.2, 0) is 10.0 Å². The van der Waals surface area contributed by atoms with Crippen LogP contribution in [0.5, 0.6) is 0 Å². The van der Waals surface area contributed by atoms with Crippen LogP contribution < -0.4 is 4.83 Å². The first-order valence-electron chi connectivity index (χ1n) is 7.26. The molecule has 0 saturated carbocycles. The van der Waals surface area contributed by atoms with Crippen molar-refractivity contribution in [1.82, 2.24) is 9.73 Å². The summed E-state index contributed by atoms with van der Waals surface area (Å²) in [5.74, 6) is 0. The smallest absolute Gasteiger partial charge is 0.276 e. The molecule has 1 aromatic carbocycles. The summed E-state index contributed by atoms with van der Waals surface area (Å²) in [4.78, 5) is 4.97. The fourth-order valence-electron chi connectivity index (χ4n) is 2.31. The zero-order chi connectivity index (χ0) is 15.5. The van der Waals surface area contributed by atoms with Gasteiger partial charge in [-0.15, -0.1) is 0 Å². The van der Waals surface area contributed by atoms with Crippen molar-refractivity contribution in [2.45, 2.75) is 44.6 Å². The van der Waals surface area contributed by atoms with E-state index in [0.29, 0.717) is 6.04 Å². The second kappa shape index (κ2) is 6.58. The summed E-state index contributed by atoms with van der Waals surface area (Å²) < 4.78 is 24.3. The molecule has 0 bridgehead atoms. The number of sulfonamides is 1. The Bertz CT molecular complexity index is 596. The first kappa shape index (κ1) is 16.0. The number of hydrogen-bond donors (Lipinski definition) is 1. The number of piperidine rings is 1. The van der Waals surface area contributed by atoms with Crippen LogP contribution >= 0.6 is 0 Å². The molecule has 1 aromatic rings. The van der Waals surface area contributed by atoms with E-state index in [1.807, 2.05) is 6.92 Å². The molecule has 1 aliphatic rings. The minimum Gasteiger partial charge on any atom is -0.300 e. The molecule has 0 amide bonds. The normalized spacial score (nSPS) is 17.0. The maximum atomic E-state index is 12.1. The fraction of sp³-hybridized carbons (Fsp3) is 0.533. The van der Waals surface area contributed by atoms with Crippen LogP contribution in [0.3, 0.4) is 0 Å². The average Bonchev–Trinajstić information content (AvgIpc) is 2.46. The lowest BCUT2D eigenvalue weighted by atomic mass is 10.1. The van der Waals surface area contributed by atoms with Crippen LogP contribution in [0, 0.1) is 6.92 Å². The molecular weight excluding hydrogens is 286 g/mol. The Morgan fingerprint density at radius 3 is 2.24 bits per heavy atom. The zero-order valence-corrected chi connectivity index (χ0v) is 13.7. The molecule has 116 valence electrons. The van der Waals surface area contributed by atoms with Gasteiger partial charge >= 0.3 is 0 Å². The van der Waals surface area contributed by atoms with Gasteiger partial charge in [0.05, 0.1) is 4.90 Å². The first-order valence-corrected chi connectivity index (χ1v) is 8.75. The van der Waals surface area contributed by atoms with Gasteiger partial charge in [0.15, 0.2) is 0 Å². The number of aryl methyl sites for hydroxylation is 1. The van der Waals surface area contributed by atoms with Gasteiger partial charge in [0.25, 0.3) is 10.0 Å². The van der Waals surface area contributed by atoms with Crippen LogP contribution in [0.25, 0.3) is 0 Å². The Hall–Kier alpha value is -1.40. The van der Waals surface area contributed by atoms with Gasteiger partial charge in [0.2, 0.25) is 0 Å². The lowest BCUT2D eigenvalue weighted by Gasteiger charge is -2.30. The Morgan fingerprint density at radius 2 is 1.71 bits per heavy atom. The molecule has 1 aliphatic heterocycles. The summed E-state index contributed by atoms with van der Waals surface area (Å²) >= 11 is 0. The zero-order valence-electron chi connectivity index (χ0n) is 12.8. The van der Waals surface area contributed by atoms with Gasteiger partial charge in [-0.05, 0) is 32.9 Å². The van der Waals surface area contributed by atoms with Crippen LogP contribution in [0.15, 0.2) is 34.3 Å². The van der Waals surface area contributed by atoms with E-state index in [1.165, 1.54) is 0 Å². The summed E-state index contributed by atoms with van der Waals surface area (Å²) in [7, 11) is -3.56. The van der Waals surface area contributed by atoms with E-state index in [0.717, 1.165) is 37.2 Å². The number of benzene rings is 1. The van der Waals surface area contributed by atoms with Crippen LogP contribution in [-0.4, -0.2) is 38.2 Å². The molecule has 0 aromatic heterocycles. The van der Waals surface area contributed by atoms with Crippen molar-refractivity contribution in [3.05, 3.63) is 29.8 Å². The number of hydrogen-bond acceptors (Lipinski definition) is 4. The van der Waals surface area contributed by atoms with Crippen molar-refractivity contribution in [2.75, 3.05) is 13.1 Å². The maximum absolute atomic E-state index is 12.1. The van der Waals surface area contributed by atoms with Gasteiger partial charge in [0, 0.05) is 37.7 Å². The summed E-state index contributed by atoms with van der Waals surface area (Å²) in [6, 6.07) is 7.28. The van der Waals surface area contributed by atoms with Crippen LogP contribution in [0.2, 0.25) is 0 Å². The molecule has 1 fully saturated rings. The van der Waals surface area contributed by atoms with Gasteiger partial charge in [-0.2, -0.15) is 13.5 Å². The van der Waals surface area contributed by atoms with E-state index >= 15 is 0 Å². The Labute approximate surface area is 127 Å². The third-order valence-electron chi connectivity index (χ3n) is 3.76. The van der Waals surface area contributed by atoms with Gasteiger partial charge in [-0.25, -0.2) is 4.83 Å². The molecule has 1 saturated heterocycles. The van der Waals surface area contributed by atoms with Crippen molar-refractivity contribution in [3.63, 3.8) is 0 Å². The minimum atomic E-state index is -3.56. The van der Waals surface area contributed by atoms with Crippen molar-refractivity contribution in [3.8, 4) is 0 Å². The quantitative estimate of drug-likeness (QED) is 0.867. The molecule has 21 heavy (non-hydrogen) atoms. The van der Waals surface area contributed by atoms with E-state index in [9.17, 15) is 8.42 Å². The Morgan fingerprint density at radius 1 is 1.14 bits per heavy atom. The SMILES string of the molecule is Cc1ccc(S(=O)(=O)NN=C2CCN(C(C)C)CC2)cc1. The number of hydrazone groups is 1. The lowest BCUT2D eigenvalue weighted by Crippen LogP contribution is -2.39. The highest BCUT2D eigenvalue weighted by molar-refractivity contribution is 7.89. The second-order valence-corrected chi connectivity index (χ2v) is 7.38. The second-order valence-electron chi connectivity index (χ2n) is 5.72. The van der Waals surface area contributed by atoms with E-state index in [2.05, 4.69) is 28.7 Å². The fourth-order valence-corrected chi connectivity index (χ4v) is 3.15. The molecule has 0 unspecified atom stereocenters. The highest BCUT2D eigenvalue weighted by Crippen LogP contribution is 2.12. The number of likely N-dealkylation sites (tertiary alicyclic amines) is 1. The van der Waals surface area contributed by atoms with E-state index in [-0.39, 0.29) is 4.90 Å². The van der Waals surface area contributed by atoms with Crippen LogP contribution in [0.1, 0.15) is 32.3 Å². The maximum Gasteiger partial charge on any atom is 0.276 e. The van der Waals surface area contributed by atoms with Gasteiger partial charge in [-0.3, -0.25) is 0 Å². The Balaban J connectivity index is 1.99. The van der Waals surface area contributed by atoms with Gasteiger partial charge in [-0.1, -0.05) is 17.7 Å². The largest absolute Gasteiger partial charge is 0.300 e. The molecule has 0 atom stereocenters.